The maximum atomic E-state index is 11.0. The maximum absolute atomic E-state index is 11.0. The van der Waals surface area contributed by atoms with Crippen LogP contribution in [0.2, 0.25) is 0 Å². The molecule has 0 fully saturated rings. The van der Waals surface area contributed by atoms with Gasteiger partial charge >= 0.3 is 0 Å². The number of carbonyl (C=O) groups is 1. The first-order valence-electron chi connectivity index (χ1n) is 5.33. The van der Waals surface area contributed by atoms with E-state index in [-0.39, 0.29) is 24.5 Å². The van der Waals surface area contributed by atoms with Crippen LogP contribution < -0.4 is 11.5 Å². The van der Waals surface area contributed by atoms with E-state index in [0.29, 0.717) is 6.54 Å². The van der Waals surface area contributed by atoms with Crippen LogP contribution in [0.1, 0.15) is 25.6 Å². The van der Waals surface area contributed by atoms with Gasteiger partial charge < -0.3 is 15.9 Å². The van der Waals surface area contributed by atoms with Gasteiger partial charge in [-0.25, -0.2) is 0 Å². The highest BCUT2D eigenvalue weighted by Gasteiger charge is 2.24. The number of furan rings is 1. The van der Waals surface area contributed by atoms with Crippen molar-refractivity contribution >= 4 is 5.91 Å². The van der Waals surface area contributed by atoms with Crippen molar-refractivity contribution in [1.82, 2.24) is 4.90 Å². The van der Waals surface area contributed by atoms with Crippen molar-refractivity contribution in [3.05, 3.63) is 24.2 Å². The molecule has 5 nitrogen and oxygen atoms in total. The Morgan fingerprint density at radius 2 is 2.25 bits per heavy atom. The Hall–Kier alpha value is -1.33. The molecule has 1 aromatic heterocycles. The Balaban J connectivity index is 2.86. The summed E-state index contributed by atoms with van der Waals surface area (Å²) in [5, 5.41) is 0. The Morgan fingerprint density at radius 3 is 2.62 bits per heavy atom. The molecule has 0 spiro atoms. The third-order valence-electron chi connectivity index (χ3n) is 2.50. The molecule has 1 amide bonds. The molecule has 0 saturated carbocycles. The van der Waals surface area contributed by atoms with Crippen LogP contribution in [0.25, 0.3) is 0 Å². The highest BCUT2D eigenvalue weighted by atomic mass is 16.3. The molecule has 0 aromatic carbocycles. The summed E-state index contributed by atoms with van der Waals surface area (Å²) >= 11 is 0. The fourth-order valence-electron chi connectivity index (χ4n) is 1.73. The van der Waals surface area contributed by atoms with Crippen molar-refractivity contribution in [3.8, 4) is 0 Å². The van der Waals surface area contributed by atoms with E-state index in [1.807, 2.05) is 24.8 Å². The Kier molecular flexibility index (Phi) is 4.52. The molecule has 0 aliphatic rings. The summed E-state index contributed by atoms with van der Waals surface area (Å²) in [5.41, 5.74) is 10.9. The minimum atomic E-state index is -0.362. The number of carbonyl (C=O) groups excluding carboxylic acids is 1. The van der Waals surface area contributed by atoms with Crippen LogP contribution in [0.4, 0.5) is 0 Å². The molecule has 1 heterocycles. The summed E-state index contributed by atoms with van der Waals surface area (Å²) in [6.45, 7) is 4.56. The van der Waals surface area contributed by atoms with Gasteiger partial charge in [0.05, 0.1) is 18.8 Å². The van der Waals surface area contributed by atoms with Crippen LogP contribution in [0.5, 0.6) is 0 Å². The summed E-state index contributed by atoms with van der Waals surface area (Å²) in [6, 6.07) is 3.72. The van der Waals surface area contributed by atoms with Crippen LogP contribution in [0.15, 0.2) is 22.8 Å². The third kappa shape index (κ3) is 3.08. The van der Waals surface area contributed by atoms with E-state index in [1.165, 1.54) is 0 Å². The van der Waals surface area contributed by atoms with Gasteiger partial charge in [-0.3, -0.25) is 9.69 Å². The second kappa shape index (κ2) is 5.67. The summed E-state index contributed by atoms with van der Waals surface area (Å²) < 4.78 is 5.33. The highest BCUT2D eigenvalue weighted by molar-refractivity contribution is 5.76. The van der Waals surface area contributed by atoms with Gasteiger partial charge in [-0.15, -0.1) is 0 Å². The predicted molar refractivity (Wildman–Crippen MR) is 61.5 cm³/mol. The van der Waals surface area contributed by atoms with Crippen LogP contribution in [-0.2, 0) is 4.79 Å². The summed E-state index contributed by atoms with van der Waals surface area (Å²) in [7, 11) is 0. The van der Waals surface area contributed by atoms with Gasteiger partial charge in [-0.1, -0.05) is 0 Å². The molecule has 0 bridgehead atoms. The van der Waals surface area contributed by atoms with Gasteiger partial charge in [0.15, 0.2) is 0 Å². The molecule has 5 heteroatoms. The summed E-state index contributed by atoms with van der Waals surface area (Å²) in [4.78, 5) is 12.9. The molecule has 1 rings (SSSR count). The lowest BCUT2D eigenvalue weighted by molar-refractivity contribution is -0.120. The average Bonchev–Trinajstić information content (AvgIpc) is 2.70. The monoisotopic (exact) mass is 225 g/mol. The molecular formula is C11H19N3O2. The molecule has 0 radical (unpaired) electrons. The van der Waals surface area contributed by atoms with E-state index in [1.54, 1.807) is 12.3 Å². The first kappa shape index (κ1) is 12.7. The fraction of sp³-hybridized carbons (Fsp3) is 0.545. The minimum Gasteiger partial charge on any atom is -0.468 e. The van der Waals surface area contributed by atoms with Crippen LogP contribution in [0, 0.1) is 0 Å². The fourth-order valence-corrected chi connectivity index (χ4v) is 1.73. The van der Waals surface area contributed by atoms with Crippen LogP contribution in [0.3, 0.4) is 0 Å². The van der Waals surface area contributed by atoms with Gasteiger partial charge in [0.25, 0.3) is 0 Å². The number of primary amides is 1. The molecule has 90 valence electrons. The van der Waals surface area contributed by atoms with E-state index in [4.69, 9.17) is 15.9 Å². The topological polar surface area (TPSA) is 85.5 Å². The molecule has 1 aromatic rings. The third-order valence-corrected chi connectivity index (χ3v) is 2.50. The van der Waals surface area contributed by atoms with E-state index in [0.717, 1.165) is 5.76 Å². The average molecular weight is 225 g/mol. The van der Waals surface area contributed by atoms with Gasteiger partial charge in [0, 0.05) is 12.6 Å². The molecule has 0 aliphatic carbocycles. The van der Waals surface area contributed by atoms with Crippen molar-refractivity contribution in [2.45, 2.75) is 25.9 Å². The lowest BCUT2D eigenvalue weighted by atomic mass is 10.1. The zero-order chi connectivity index (χ0) is 12.1. The Labute approximate surface area is 95.4 Å². The van der Waals surface area contributed by atoms with Crippen molar-refractivity contribution in [2.24, 2.45) is 11.5 Å². The van der Waals surface area contributed by atoms with Gasteiger partial charge in [0.2, 0.25) is 5.91 Å². The second-order valence-corrected chi connectivity index (χ2v) is 4.00. The van der Waals surface area contributed by atoms with Crippen LogP contribution in [-0.4, -0.2) is 29.9 Å². The first-order valence-corrected chi connectivity index (χ1v) is 5.33. The predicted octanol–water partition coefficient (Wildman–Crippen LogP) is 0.475. The number of nitrogens with zero attached hydrogens (tertiary/aromatic N) is 1. The molecule has 16 heavy (non-hydrogen) atoms. The summed E-state index contributed by atoms with van der Waals surface area (Å²) in [5.74, 6) is 0.399. The quantitative estimate of drug-likeness (QED) is 0.737. The van der Waals surface area contributed by atoms with Crippen molar-refractivity contribution < 1.29 is 9.21 Å². The molecule has 0 aliphatic heterocycles. The van der Waals surface area contributed by atoms with Gasteiger partial charge in [0.1, 0.15) is 5.76 Å². The van der Waals surface area contributed by atoms with Gasteiger partial charge in [-0.2, -0.15) is 0 Å². The van der Waals surface area contributed by atoms with Crippen molar-refractivity contribution in [2.75, 3.05) is 13.1 Å². The molecule has 0 saturated heterocycles. The second-order valence-electron chi connectivity index (χ2n) is 4.00. The van der Waals surface area contributed by atoms with Gasteiger partial charge in [-0.05, 0) is 26.0 Å². The molecule has 4 N–H and O–H groups in total. The minimum absolute atomic E-state index is 0.109. The lowest BCUT2D eigenvalue weighted by Gasteiger charge is -2.31. The molecule has 1 atom stereocenters. The van der Waals surface area contributed by atoms with E-state index >= 15 is 0 Å². The van der Waals surface area contributed by atoms with E-state index in [2.05, 4.69) is 0 Å². The highest BCUT2D eigenvalue weighted by Crippen LogP contribution is 2.21. The smallest absolute Gasteiger partial charge is 0.231 e. The number of hydrogen-bond acceptors (Lipinski definition) is 4. The standard InChI is InChI=1S/C11H19N3O2/c1-8(2)14(7-11(13)15)9(6-12)10-4-3-5-16-10/h3-5,8-9H,6-7,12H2,1-2H3,(H2,13,15). The number of hydrogen-bond donors (Lipinski definition) is 2. The molecular weight excluding hydrogens is 206 g/mol. The Bertz CT molecular complexity index is 322. The van der Waals surface area contributed by atoms with Crippen molar-refractivity contribution in [1.29, 1.82) is 0 Å². The number of amides is 1. The maximum Gasteiger partial charge on any atom is 0.231 e. The van der Waals surface area contributed by atoms with E-state index in [9.17, 15) is 4.79 Å². The first-order chi connectivity index (χ1) is 7.56. The summed E-state index contributed by atoms with van der Waals surface area (Å²) in [6.07, 6.45) is 1.60. The number of rotatable bonds is 6. The van der Waals surface area contributed by atoms with Crippen LogP contribution >= 0.6 is 0 Å². The lowest BCUT2D eigenvalue weighted by Crippen LogP contribution is -2.43. The largest absolute Gasteiger partial charge is 0.468 e. The Morgan fingerprint density at radius 1 is 1.56 bits per heavy atom. The molecule has 1 unspecified atom stereocenters. The van der Waals surface area contributed by atoms with Crippen molar-refractivity contribution in [3.63, 3.8) is 0 Å². The van der Waals surface area contributed by atoms with E-state index < -0.39 is 0 Å². The zero-order valence-corrected chi connectivity index (χ0v) is 9.72. The normalized spacial score (nSPS) is 13.3. The SMILES string of the molecule is CC(C)N(CC(N)=O)C(CN)c1ccco1. The number of nitrogens with two attached hydrogens (primary N) is 2. The zero-order valence-electron chi connectivity index (χ0n) is 9.72.